The molecule has 5 aliphatic heterocycles. The van der Waals surface area contributed by atoms with E-state index in [9.17, 15) is 29.7 Å². The minimum atomic E-state index is -1.54. The molecule has 8 aliphatic rings. The lowest BCUT2D eigenvalue weighted by Gasteiger charge is -2.71. The number of carbonyl (C=O) groups excluding carboxylic acids is 3. The summed E-state index contributed by atoms with van der Waals surface area (Å²) < 4.78 is 29.8. The summed E-state index contributed by atoms with van der Waals surface area (Å²) in [5.41, 5.74) is -5.27. The Bertz CT molecular complexity index is 1220. The van der Waals surface area contributed by atoms with Crippen LogP contribution < -0.4 is 0 Å². The summed E-state index contributed by atoms with van der Waals surface area (Å²) in [7, 11) is 0. The van der Waals surface area contributed by atoms with Gasteiger partial charge in [-0.2, -0.15) is 0 Å². The normalized spacial score (nSPS) is 53.3. The number of esters is 3. The van der Waals surface area contributed by atoms with Crippen LogP contribution in [-0.4, -0.2) is 93.8 Å². The van der Waals surface area contributed by atoms with E-state index >= 15 is 0 Å². The monoisotopic (exact) mass is 560 g/mol. The Balaban J connectivity index is 1.30. The molecule has 3 unspecified atom stereocenters. The summed E-state index contributed by atoms with van der Waals surface area (Å²) in [5.74, 6) is -2.46. The highest BCUT2D eigenvalue weighted by molar-refractivity contribution is 5.85. The first-order chi connectivity index (χ1) is 18.9. The smallest absolute Gasteiger partial charge is 0.338 e. The van der Waals surface area contributed by atoms with Crippen LogP contribution in [0, 0.1) is 16.7 Å². The maximum absolute atomic E-state index is 13.3. The number of carbonyl (C=O) groups is 3. The number of aliphatic hydroxyl groups is 3. The Kier molecular flexibility index (Phi) is 5.57. The van der Waals surface area contributed by atoms with E-state index in [1.165, 1.54) is 12.2 Å². The van der Waals surface area contributed by atoms with Crippen molar-refractivity contribution < 1.29 is 53.4 Å². The fourth-order valence-electron chi connectivity index (χ4n) is 9.31. The number of aliphatic hydroxyl groups excluding tert-OH is 1. The second-order valence-corrected chi connectivity index (χ2v) is 13.2. The molecule has 11 atom stereocenters. The van der Waals surface area contributed by atoms with E-state index in [1.807, 2.05) is 6.92 Å². The molecule has 0 aromatic heterocycles. The van der Waals surface area contributed by atoms with Crippen molar-refractivity contribution in [2.75, 3.05) is 13.2 Å². The first kappa shape index (κ1) is 26.6. The topological polar surface area (TPSA) is 158 Å². The molecule has 8 rings (SSSR count). The predicted molar refractivity (Wildman–Crippen MR) is 133 cm³/mol. The highest BCUT2D eigenvalue weighted by Crippen LogP contribution is 2.74. The van der Waals surface area contributed by atoms with Crippen LogP contribution in [0.1, 0.15) is 58.8 Å². The van der Waals surface area contributed by atoms with E-state index in [1.54, 1.807) is 13.0 Å². The Hall–Kier alpha value is -2.31. The fraction of sp³-hybridized carbons (Fsp3) is 0.759. The van der Waals surface area contributed by atoms with Crippen LogP contribution in [0.15, 0.2) is 23.8 Å². The minimum Gasteiger partial charge on any atom is -0.462 e. The summed E-state index contributed by atoms with van der Waals surface area (Å²) in [6.07, 6.45) is 2.09. The average molecular weight is 561 g/mol. The zero-order valence-corrected chi connectivity index (χ0v) is 22.7. The van der Waals surface area contributed by atoms with Gasteiger partial charge in [0.1, 0.15) is 23.9 Å². The quantitative estimate of drug-likeness (QED) is 0.282. The number of ether oxygens (including phenoxy) is 5. The van der Waals surface area contributed by atoms with Crippen molar-refractivity contribution in [3.8, 4) is 0 Å². The van der Waals surface area contributed by atoms with Crippen molar-refractivity contribution in [1.29, 1.82) is 0 Å². The molecule has 0 aromatic carbocycles. The van der Waals surface area contributed by atoms with Crippen LogP contribution in [-0.2, 0) is 38.1 Å². The van der Waals surface area contributed by atoms with Gasteiger partial charge in [0.15, 0.2) is 12.2 Å². The van der Waals surface area contributed by atoms with Crippen molar-refractivity contribution in [3.63, 3.8) is 0 Å². The van der Waals surface area contributed by atoms with Gasteiger partial charge in [-0.05, 0) is 51.0 Å². The van der Waals surface area contributed by atoms with Gasteiger partial charge in [0.2, 0.25) is 0 Å². The highest BCUT2D eigenvalue weighted by Gasteiger charge is 2.83. The van der Waals surface area contributed by atoms with Gasteiger partial charge in [-0.3, -0.25) is 0 Å². The molecule has 3 saturated carbocycles. The van der Waals surface area contributed by atoms with Gasteiger partial charge in [-0.25, -0.2) is 14.4 Å². The molecule has 7 fully saturated rings. The first-order valence-electron chi connectivity index (χ1n) is 14.3. The second-order valence-electron chi connectivity index (χ2n) is 13.2. The summed E-state index contributed by atoms with van der Waals surface area (Å²) >= 11 is 0. The van der Waals surface area contributed by atoms with Crippen LogP contribution in [0.25, 0.3) is 0 Å². The summed E-state index contributed by atoms with van der Waals surface area (Å²) in [6.45, 7) is 3.71. The van der Waals surface area contributed by atoms with E-state index in [0.717, 1.165) is 0 Å². The van der Waals surface area contributed by atoms with E-state index in [4.69, 9.17) is 23.7 Å². The molecule has 218 valence electrons. The molecule has 3 aliphatic carbocycles. The molecular weight excluding hydrogens is 524 g/mol. The maximum atomic E-state index is 13.3. The van der Waals surface area contributed by atoms with Crippen LogP contribution in [0.2, 0.25) is 0 Å². The lowest BCUT2D eigenvalue weighted by Crippen LogP contribution is -2.80. The second kappa shape index (κ2) is 8.38. The van der Waals surface area contributed by atoms with E-state index in [0.29, 0.717) is 37.7 Å². The van der Waals surface area contributed by atoms with Gasteiger partial charge in [-0.1, -0.05) is 13.0 Å². The Morgan fingerprint density at radius 2 is 1.80 bits per heavy atom. The zero-order chi connectivity index (χ0) is 28.3. The molecule has 1 spiro atoms. The Morgan fingerprint density at radius 3 is 2.60 bits per heavy atom. The van der Waals surface area contributed by atoms with Crippen molar-refractivity contribution in [3.05, 3.63) is 23.8 Å². The number of rotatable bonds is 0. The molecule has 4 saturated heterocycles. The lowest BCUT2D eigenvalue weighted by atomic mass is 9.40. The van der Waals surface area contributed by atoms with Crippen LogP contribution in [0.4, 0.5) is 0 Å². The molecule has 3 N–H and O–H groups in total. The van der Waals surface area contributed by atoms with Crippen molar-refractivity contribution in [1.82, 2.24) is 0 Å². The third-order valence-corrected chi connectivity index (χ3v) is 11.6. The number of allylic oxidation sites excluding steroid dienone is 1. The summed E-state index contributed by atoms with van der Waals surface area (Å²) in [5, 5.41) is 34.2. The molecule has 0 radical (unpaired) electrons. The molecular formula is C29H36O11. The molecule has 5 heterocycles. The third kappa shape index (κ3) is 3.15. The van der Waals surface area contributed by atoms with E-state index in [2.05, 4.69) is 0 Å². The average Bonchev–Trinajstić information content (AvgIpc) is 3.24. The van der Waals surface area contributed by atoms with E-state index < -0.39 is 76.1 Å². The van der Waals surface area contributed by atoms with Crippen molar-refractivity contribution in [2.24, 2.45) is 16.7 Å². The van der Waals surface area contributed by atoms with Crippen molar-refractivity contribution in [2.45, 2.75) is 106 Å². The van der Waals surface area contributed by atoms with Gasteiger partial charge in [0.05, 0.1) is 24.4 Å². The third-order valence-electron chi connectivity index (χ3n) is 11.6. The summed E-state index contributed by atoms with van der Waals surface area (Å²) in [4.78, 5) is 38.8. The molecule has 11 heteroatoms. The van der Waals surface area contributed by atoms with Gasteiger partial charge < -0.3 is 39.0 Å². The fourth-order valence-corrected chi connectivity index (χ4v) is 9.31. The zero-order valence-electron chi connectivity index (χ0n) is 22.7. The molecule has 8 bridgehead atoms. The number of hydrogen-bond acceptors (Lipinski definition) is 11. The molecule has 0 amide bonds. The van der Waals surface area contributed by atoms with Crippen LogP contribution in [0.5, 0.6) is 0 Å². The van der Waals surface area contributed by atoms with Gasteiger partial charge >= 0.3 is 17.9 Å². The molecule has 40 heavy (non-hydrogen) atoms. The number of cyclic esters (lactones) is 1. The predicted octanol–water partition coefficient (Wildman–Crippen LogP) is 0.623. The van der Waals surface area contributed by atoms with Crippen molar-refractivity contribution >= 4 is 17.9 Å². The van der Waals surface area contributed by atoms with Gasteiger partial charge in [0.25, 0.3) is 0 Å². The minimum absolute atomic E-state index is 0.114. The standard InChI is InChI=1S/C29H36O11/c1-25(34)8-9-27-14-36-20(31)11-15-6-10-37-28(21(32)24(33)40-22(15)28)7-4-3-5-19(30)38-17-12-18-29(35,26(17,27)2)13-16(25)23(27)39-18/h3,5,11,16-18,21-23,32,34-35H,4,6-10,12-14H2,1-2H3/t16-,17+,18+,21-,22+,23?,25-,26?,27+,28-,29?/m0/s1. The largest absolute Gasteiger partial charge is 0.462 e. The van der Waals surface area contributed by atoms with E-state index in [-0.39, 0.29) is 32.0 Å². The first-order valence-corrected chi connectivity index (χ1v) is 14.3. The highest BCUT2D eigenvalue weighted by atomic mass is 16.6. The maximum Gasteiger partial charge on any atom is 0.338 e. The Morgan fingerprint density at radius 1 is 1.00 bits per heavy atom. The van der Waals surface area contributed by atoms with Gasteiger partial charge in [-0.15, -0.1) is 0 Å². The SMILES string of the molecule is CC12[C@H]3C[C@H]4OC5[C@H](CC41O)[C@@](C)(O)CC[C@@]52COC(=O)C=C1CCO[C@]2(CCC=CC(=O)O3)[C@@H]1OC(=O)[C@@H]2O. The molecule has 0 aromatic rings. The Labute approximate surface area is 231 Å². The van der Waals surface area contributed by atoms with Crippen LogP contribution >= 0.6 is 0 Å². The van der Waals surface area contributed by atoms with Gasteiger partial charge in [0, 0.05) is 35.3 Å². The summed E-state index contributed by atoms with van der Waals surface area (Å²) in [6, 6.07) is 0. The lowest BCUT2D eigenvalue weighted by molar-refractivity contribution is -0.377. The van der Waals surface area contributed by atoms with Crippen LogP contribution in [0.3, 0.4) is 0 Å². The number of hydrogen-bond donors (Lipinski definition) is 3. The molecule has 11 nitrogen and oxygen atoms in total.